The van der Waals surface area contributed by atoms with Crippen LogP contribution in [0.3, 0.4) is 0 Å². The van der Waals surface area contributed by atoms with Crippen molar-refractivity contribution in [2.75, 3.05) is 6.61 Å². The molecule has 0 unspecified atom stereocenters. The summed E-state index contributed by atoms with van der Waals surface area (Å²) in [5.41, 5.74) is 3.08. The molecule has 5 rings (SSSR count). The van der Waals surface area contributed by atoms with Crippen molar-refractivity contribution in [3.05, 3.63) is 65.2 Å². The second-order valence-electron chi connectivity index (χ2n) is 9.09. The number of pyridine rings is 1. The van der Waals surface area contributed by atoms with Crippen LogP contribution < -0.4 is 0 Å². The molecule has 1 atom stereocenters. The van der Waals surface area contributed by atoms with Crippen molar-refractivity contribution >= 4 is 16.9 Å². The average molecular weight is 458 g/mol. The molecule has 7 nitrogen and oxygen atoms in total. The molecule has 8 heteroatoms. The molecule has 1 aromatic carbocycles. The molecule has 3 heterocycles. The van der Waals surface area contributed by atoms with Gasteiger partial charge < -0.3 is 4.57 Å². The molecule has 1 amide bonds. The van der Waals surface area contributed by atoms with Gasteiger partial charge in [-0.1, -0.05) is 0 Å². The minimum Gasteiger partial charge on any atom is -0.346 e. The molecule has 1 saturated carbocycles. The van der Waals surface area contributed by atoms with E-state index in [0.717, 1.165) is 43.3 Å². The van der Waals surface area contributed by atoms with Gasteiger partial charge in [-0.2, -0.15) is 10.5 Å². The van der Waals surface area contributed by atoms with Crippen LogP contribution in [-0.2, 0) is 16.2 Å². The number of nitrogens with zero attached hydrogens (tertiary/aromatic N) is 5. The Morgan fingerprint density at radius 1 is 1.09 bits per heavy atom. The third-order valence-corrected chi connectivity index (χ3v) is 6.95. The number of aromatic nitrogens is 2. The molecule has 172 valence electrons. The molecular formula is C26H24FN5O2. The Morgan fingerprint density at radius 3 is 2.68 bits per heavy atom. The highest BCUT2D eigenvalue weighted by Crippen LogP contribution is 2.37. The number of benzene rings is 1. The first-order valence-electron chi connectivity index (χ1n) is 11.6. The van der Waals surface area contributed by atoms with Crippen LogP contribution in [0, 0.1) is 40.3 Å². The van der Waals surface area contributed by atoms with Gasteiger partial charge in [0.25, 0.3) is 0 Å². The van der Waals surface area contributed by atoms with Crippen molar-refractivity contribution < 1.29 is 14.0 Å². The summed E-state index contributed by atoms with van der Waals surface area (Å²) in [7, 11) is 0. The summed E-state index contributed by atoms with van der Waals surface area (Å²) >= 11 is 0. The number of hydrogen-bond acceptors (Lipinski definition) is 5. The predicted octanol–water partition coefficient (Wildman–Crippen LogP) is 4.63. The van der Waals surface area contributed by atoms with Crippen LogP contribution >= 0.6 is 0 Å². The lowest BCUT2D eigenvalue weighted by Gasteiger charge is -2.32. The molecule has 0 N–H and O–H groups in total. The summed E-state index contributed by atoms with van der Waals surface area (Å²) in [6.45, 7) is 1.24. The second-order valence-corrected chi connectivity index (χ2v) is 9.09. The van der Waals surface area contributed by atoms with Gasteiger partial charge >= 0.3 is 0 Å². The Morgan fingerprint density at radius 2 is 1.91 bits per heavy atom. The molecule has 0 spiro atoms. The summed E-state index contributed by atoms with van der Waals surface area (Å²) in [5, 5.41) is 19.6. The van der Waals surface area contributed by atoms with E-state index in [1.54, 1.807) is 12.1 Å². The smallest absolute Gasteiger partial charge is 0.249 e. The monoisotopic (exact) mass is 457 g/mol. The van der Waals surface area contributed by atoms with Gasteiger partial charge in [0.15, 0.2) is 0 Å². The van der Waals surface area contributed by atoms with Crippen molar-refractivity contribution in [2.24, 2.45) is 11.8 Å². The SMILES string of the molecule is N#Cc1cc(F)cc([C@@H]2CCON2C(=O)[C@H]2CC[C@H](Cn3ccc4nc(C#N)ccc43)CC2)c1. The molecule has 0 radical (unpaired) electrons. The van der Waals surface area contributed by atoms with E-state index in [9.17, 15) is 9.18 Å². The Bertz CT molecular complexity index is 1310. The Balaban J connectivity index is 1.22. The van der Waals surface area contributed by atoms with Crippen LogP contribution in [0.1, 0.15) is 55.0 Å². The van der Waals surface area contributed by atoms with Crippen LogP contribution in [0.25, 0.3) is 11.0 Å². The average Bonchev–Trinajstić information content (AvgIpc) is 3.51. The normalized spacial score (nSPS) is 22.4. The van der Waals surface area contributed by atoms with Crippen LogP contribution in [0.2, 0.25) is 0 Å². The van der Waals surface area contributed by atoms with Crippen LogP contribution in [0.15, 0.2) is 42.6 Å². The van der Waals surface area contributed by atoms with Gasteiger partial charge in [0.05, 0.1) is 35.3 Å². The van der Waals surface area contributed by atoms with Crippen molar-refractivity contribution in [1.29, 1.82) is 10.5 Å². The number of amides is 1. The van der Waals surface area contributed by atoms with Gasteiger partial charge in [-0.3, -0.25) is 9.63 Å². The largest absolute Gasteiger partial charge is 0.346 e. The molecule has 0 bridgehead atoms. The summed E-state index contributed by atoms with van der Waals surface area (Å²) in [5.74, 6) is -0.206. The molecule has 2 aliphatic rings. The van der Waals surface area contributed by atoms with Gasteiger partial charge in [0.2, 0.25) is 5.91 Å². The molecule has 3 aromatic rings. The summed E-state index contributed by atoms with van der Waals surface area (Å²) in [6.07, 6.45) is 6.00. The number of carbonyl (C=O) groups excluding carboxylic acids is 1. The van der Waals surface area contributed by atoms with E-state index in [1.807, 2.05) is 24.4 Å². The molecule has 2 aromatic heterocycles. The first-order valence-corrected chi connectivity index (χ1v) is 11.6. The fourth-order valence-corrected chi connectivity index (χ4v) is 5.20. The maximum absolute atomic E-state index is 14.0. The number of rotatable bonds is 4. The zero-order valence-corrected chi connectivity index (χ0v) is 18.7. The number of nitriles is 2. The second kappa shape index (κ2) is 9.24. The minimum absolute atomic E-state index is 0.0524. The lowest BCUT2D eigenvalue weighted by Crippen LogP contribution is -2.37. The van der Waals surface area contributed by atoms with E-state index in [1.165, 1.54) is 17.2 Å². The van der Waals surface area contributed by atoms with Crippen LogP contribution in [0.5, 0.6) is 0 Å². The minimum atomic E-state index is -0.481. The third kappa shape index (κ3) is 4.25. The van der Waals surface area contributed by atoms with Gasteiger partial charge in [0, 0.05) is 25.1 Å². The zero-order chi connectivity index (χ0) is 23.7. The number of hydrogen-bond donors (Lipinski definition) is 0. The standard InChI is InChI=1S/C26H24FN5O2/c27-21-12-18(14-28)11-20(13-21)24-8-10-34-32(24)26(33)19-3-1-17(2-4-19)16-31-9-7-23-25(31)6-5-22(15-29)30-23/h5-7,9,11-13,17,19,24H,1-4,8,10,16H2/t17-,19-,24-/m0/s1. The van der Waals surface area contributed by atoms with Crippen molar-refractivity contribution in [1.82, 2.24) is 14.6 Å². The molecule has 1 saturated heterocycles. The highest BCUT2D eigenvalue weighted by Gasteiger charge is 2.37. The zero-order valence-electron chi connectivity index (χ0n) is 18.7. The van der Waals surface area contributed by atoms with E-state index in [2.05, 4.69) is 15.6 Å². The lowest BCUT2D eigenvalue weighted by atomic mass is 9.81. The van der Waals surface area contributed by atoms with E-state index >= 15 is 0 Å². The Hall–Kier alpha value is -3.75. The first kappa shape index (κ1) is 22.1. The van der Waals surface area contributed by atoms with Crippen LogP contribution in [-0.4, -0.2) is 27.1 Å². The topological polar surface area (TPSA) is 94.9 Å². The van der Waals surface area contributed by atoms with Crippen molar-refractivity contribution in [2.45, 2.75) is 44.7 Å². The maximum atomic E-state index is 14.0. The Kier molecular flexibility index (Phi) is 6.00. The lowest BCUT2D eigenvalue weighted by molar-refractivity contribution is -0.183. The molecular weight excluding hydrogens is 433 g/mol. The number of fused-ring (bicyclic) bond motifs is 1. The van der Waals surface area contributed by atoms with E-state index in [4.69, 9.17) is 15.4 Å². The van der Waals surface area contributed by atoms with Crippen LogP contribution in [0.4, 0.5) is 4.39 Å². The van der Waals surface area contributed by atoms with Crippen molar-refractivity contribution in [3.8, 4) is 12.1 Å². The summed E-state index contributed by atoms with van der Waals surface area (Å²) in [4.78, 5) is 23.3. The highest BCUT2D eigenvalue weighted by molar-refractivity contribution is 5.79. The third-order valence-electron chi connectivity index (χ3n) is 6.95. The maximum Gasteiger partial charge on any atom is 0.249 e. The van der Waals surface area contributed by atoms with Gasteiger partial charge in [-0.05, 0) is 73.6 Å². The van der Waals surface area contributed by atoms with Crippen molar-refractivity contribution in [3.63, 3.8) is 0 Å². The van der Waals surface area contributed by atoms with Gasteiger partial charge in [0.1, 0.15) is 17.6 Å². The Labute approximate surface area is 196 Å². The fraction of sp³-hybridized carbons (Fsp3) is 0.385. The fourth-order valence-electron chi connectivity index (χ4n) is 5.20. The first-order chi connectivity index (χ1) is 16.6. The highest BCUT2D eigenvalue weighted by atomic mass is 19.1. The van der Waals surface area contributed by atoms with E-state index in [0.29, 0.717) is 30.2 Å². The van der Waals surface area contributed by atoms with E-state index in [-0.39, 0.29) is 23.4 Å². The molecule has 1 aliphatic heterocycles. The van der Waals surface area contributed by atoms with E-state index < -0.39 is 5.82 Å². The summed E-state index contributed by atoms with van der Waals surface area (Å²) < 4.78 is 16.1. The molecule has 34 heavy (non-hydrogen) atoms. The quantitative estimate of drug-likeness (QED) is 0.569. The summed E-state index contributed by atoms with van der Waals surface area (Å²) in [6, 6.07) is 13.5. The number of carbonyl (C=O) groups is 1. The predicted molar refractivity (Wildman–Crippen MR) is 121 cm³/mol. The van der Waals surface area contributed by atoms with Gasteiger partial charge in [-0.25, -0.2) is 14.4 Å². The molecule has 2 fully saturated rings. The number of hydroxylamine groups is 2. The molecule has 1 aliphatic carbocycles. The van der Waals surface area contributed by atoms with Gasteiger partial charge in [-0.15, -0.1) is 0 Å². The number of halogens is 1.